The Balaban J connectivity index is 1.27. The summed E-state index contributed by atoms with van der Waals surface area (Å²) in [5, 5.41) is 3.58. The molecule has 1 aliphatic heterocycles. The third-order valence-electron chi connectivity index (χ3n) is 5.29. The molecule has 3 nitrogen and oxygen atoms in total. The van der Waals surface area contributed by atoms with E-state index < -0.39 is 0 Å². The molecule has 1 saturated heterocycles. The third kappa shape index (κ3) is 3.24. The second-order valence-corrected chi connectivity index (χ2v) is 6.94. The highest BCUT2D eigenvalue weighted by molar-refractivity contribution is 5.33. The number of fused-ring (bicyclic) bond motifs is 2. The van der Waals surface area contributed by atoms with E-state index in [-0.39, 0.29) is 0 Å². The number of nitrogens with one attached hydrogen (secondary N) is 1. The van der Waals surface area contributed by atoms with Crippen LogP contribution in [0.2, 0.25) is 0 Å². The van der Waals surface area contributed by atoms with Crippen LogP contribution in [0.15, 0.2) is 24.3 Å². The van der Waals surface area contributed by atoms with Crippen LogP contribution in [0.3, 0.4) is 0 Å². The lowest BCUT2D eigenvalue weighted by Crippen LogP contribution is -2.35. The van der Waals surface area contributed by atoms with Crippen LogP contribution in [0.25, 0.3) is 0 Å². The first kappa shape index (κ1) is 13.6. The summed E-state index contributed by atoms with van der Waals surface area (Å²) in [4.78, 5) is 2.64. The maximum absolute atomic E-state index is 6.08. The Labute approximate surface area is 127 Å². The molecule has 3 fully saturated rings. The SMILES string of the molecule is c1ccc(OCCN2CC3CCC2C3)c(CNC2CC2)c1. The molecule has 21 heavy (non-hydrogen) atoms. The van der Waals surface area contributed by atoms with Crippen molar-refractivity contribution in [2.75, 3.05) is 19.7 Å². The van der Waals surface area contributed by atoms with E-state index in [4.69, 9.17) is 4.74 Å². The Morgan fingerprint density at radius 1 is 1.14 bits per heavy atom. The molecule has 3 aliphatic rings. The fourth-order valence-electron chi connectivity index (χ4n) is 3.91. The van der Waals surface area contributed by atoms with Gasteiger partial charge in [-0.2, -0.15) is 0 Å². The summed E-state index contributed by atoms with van der Waals surface area (Å²) >= 11 is 0. The Hall–Kier alpha value is -1.06. The number of hydrogen-bond acceptors (Lipinski definition) is 3. The maximum atomic E-state index is 6.08. The van der Waals surface area contributed by atoms with Crippen LogP contribution in [0.4, 0.5) is 0 Å². The number of para-hydroxylation sites is 1. The lowest BCUT2D eigenvalue weighted by Gasteiger charge is -2.26. The summed E-state index contributed by atoms with van der Waals surface area (Å²) in [5.74, 6) is 2.04. The number of piperidine rings is 1. The van der Waals surface area contributed by atoms with Crippen molar-refractivity contribution in [1.82, 2.24) is 10.2 Å². The quantitative estimate of drug-likeness (QED) is 0.834. The predicted octanol–water partition coefficient (Wildman–Crippen LogP) is 2.80. The molecule has 2 bridgehead atoms. The number of nitrogens with zero attached hydrogens (tertiary/aromatic N) is 1. The van der Waals surface area contributed by atoms with Crippen LogP contribution in [0.5, 0.6) is 5.75 Å². The lowest BCUT2D eigenvalue weighted by molar-refractivity contribution is 0.171. The smallest absolute Gasteiger partial charge is 0.123 e. The van der Waals surface area contributed by atoms with Crippen molar-refractivity contribution < 1.29 is 4.74 Å². The highest BCUT2D eigenvalue weighted by Crippen LogP contribution is 2.36. The van der Waals surface area contributed by atoms with Crippen molar-refractivity contribution >= 4 is 0 Å². The zero-order valence-electron chi connectivity index (χ0n) is 12.8. The van der Waals surface area contributed by atoms with Crippen LogP contribution in [-0.2, 0) is 6.54 Å². The minimum Gasteiger partial charge on any atom is -0.492 e. The molecule has 2 atom stereocenters. The van der Waals surface area contributed by atoms with Gasteiger partial charge in [0, 0.05) is 37.3 Å². The first-order chi connectivity index (χ1) is 10.4. The molecular formula is C18H26N2O. The van der Waals surface area contributed by atoms with Crippen molar-refractivity contribution in [3.8, 4) is 5.75 Å². The first-order valence-electron chi connectivity index (χ1n) is 8.56. The van der Waals surface area contributed by atoms with E-state index in [2.05, 4.69) is 34.5 Å². The molecule has 0 aromatic heterocycles. The number of benzene rings is 1. The summed E-state index contributed by atoms with van der Waals surface area (Å²) in [5.41, 5.74) is 1.30. The van der Waals surface area contributed by atoms with E-state index in [1.54, 1.807) is 0 Å². The van der Waals surface area contributed by atoms with Crippen molar-refractivity contribution in [3.63, 3.8) is 0 Å². The summed E-state index contributed by atoms with van der Waals surface area (Å²) in [6.07, 6.45) is 6.97. The molecule has 3 heteroatoms. The maximum Gasteiger partial charge on any atom is 0.123 e. The van der Waals surface area contributed by atoms with Crippen LogP contribution >= 0.6 is 0 Å². The van der Waals surface area contributed by atoms with E-state index in [9.17, 15) is 0 Å². The van der Waals surface area contributed by atoms with Crippen molar-refractivity contribution in [2.45, 2.75) is 50.7 Å². The van der Waals surface area contributed by atoms with Crippen LogP contribution in [0.1, 0.15) is 37.7 Å². The van der Waals surface area contributed by atoms with Gasteiger partial charge in [0.05, 0.1) is 0 Å². The summed E-state index contributed by atoms with van der Waals surface area (Å²) in [6.45, 7) is 4.16. The van der Waals surface area contributed by atoms with Crippen LogP contribution in [0, 0.1) is 5.92 Å². The predicted molar refractivity (Wildman–Crippen MR) is 84.5 cm³/mol. The molecule has 0 amide bonds. The van der Waals surface area contributed by atoms with Crippen LogP contribution in [-0.4, -0.2) is 36.7 Å². The summed E-state index contributed by atoms with van der Waals surface area (Å²) in [7, 11) is 0. The van der Waals surface area contributed by atoms with E-state index in [0.29, 0.717) is 0 Å². The Morgan fingerprint density at radius 2 is 2.05 bits per heavy atom. The minimum absolute atomic E-state index is 0.748. The van der Waals surface area contributed by atoms with E-state index >= 15 is 0 Å². The Morgan fingerprint density at radius 3 is 2.81 bits per heavy atom. The monoisotopic (exact) mass is 286 g/mol. The van der Waals surface area contributed by atoms with Gasteiger partial charge in [-0.3, -0.25) is 4.90 Å². The lowest BCUT2D eigenvalue weighted by atomic mass is 10.1. The van der Waals surface area contributed by atoms with Gasteiger partial charge in [0.15, 0.2) is 0 Å². The molecule has 2 unspecified atom stereocenters. The van der Waals surface area contributed by atoms with Gasteiger partial charge >= 0.3 is 0 Å². The molecule has 1 aromatic rings. The molecule has 1 N–H and O–H groups in total. The second-order valence-electron chi connectivity index (χ2n) is 6.94. The summed E-state index contributed by atoms with van der Waals surface area (Å²) in [6, 6.07) is 10.1. The van der Waals surface area contributed by atoms with Crippen molar-refractivity contribution in [2.24, 2.45) is 5.92 Å². The average Bonchev–Trinajstić information content (AvgIpc) is 3.11. The third-order valence-corrected chi connectivity index (χ3v) is 5.29. The molecular weight excluding hydrogens is 260 g/mol. The van der Waals surface area contributed by atoms with Crippen LogP contribution < -0.4 is 10.1 Å². The van der Waals surface area contributed by atoms with Gasteiger partial charge in [-0.25, -0.2) is 0 Å². The van der Waals surface area contributed by atoms with E-state index in [1.807, 2.05) is 0 Å². The van der Waals surface area contributed by atoms with E-state index in [1.165, 1.54) is 44.2 Å². The molecule has 2 aliphatic carbocycles. The van der Waals surface area contributed by atoms with Crippen molar-refractivity contribution in [3.05, 3.63) is 29.8 Å². The van der Waals surface area contributed by atoms with Gasteiger partial charge in [0.2, 0.25) is 0 Å². The molecule has 0 radical (unpaired) electrons. The van der Waals surface area contributed by atoms with Gasteiger partial charge in [0.1, 0.15) is 12.4 Å². The van der Waals surface area contributed by atoms with Crippen molar-refractivity contribution in [1.29, 1.82) is 0 Å². The number of ether oxygens (including phenoxy) is 1. The highest BCUT2D eigenvalue weighted by atomic mass is 16.5. The zero-order chi connectivity index (χ0) is 14.1. The van der Waals surface area contributed by atoms with Gasteiger partial charge < -0.3 is 10.1 Å². The minimum atomic E-state index is 0.748. The van der Waals surface area contributed by atoms with Gasteiger partial charge in [0.25, 0.3) is 0 Å². The first-order valence-corrected chi connectivity index (χ1v) is 8.56. The van der Waals surface area contributed by atoms with Gasteiger partial charge in [-0.05, 0) is 44.1 Å². The molecule has 2 saturated carbocycles. The second kappa shape index (κ2) is 5.98. The largest absolute Gasteiger partial charge is 0.492 e. The standard InChI is InChI=1S/C18H26N2O/c1-2-4-18(15(3-1)12-19-16-6-7-16)21-10-9-20-13-14-5-8-17(20)11-14/h1-4,14,16-17,19H,5-13H2. The molecule has 1 aromatic carbocycles. The highest BCUT2D eigenvalue weighted by Gasteiger charge is 2.37. The average molecular weight is 286 g/mol. The normalized spacial score (nSPS) is 28.2. The van der Waals surface area contributed by atoms with Gasteiger partial charge in [-0.15, -0.1) is 0 Å². The molecule has 1 heterocycles. The number of likely N-dealkylation sites (tertiary alicyclic amines) is 1. The molecule has 4 rings (SSSR count). The fourth-order valence-corrected chi connectivity index (χ4v) is 3.91. The topological polar surface area (TPSA) is 24.5 Å². The molecule has 114 valence electrons. The van der Waals surface area contributed by atoms with E-state index in [0.717, 1.165) is 43.4 Å². The Bertz CT molecular complexity index is 486. The summed E-state index contributed by atoms with van der Waals surface area (Å²) < 4.78 is 6.08. The molecule has 0 spiro atoms. The number of rotatable bonds is 7. The number of hydrogen-bond donors (Lipinski definition) is 1. The Kier molecular flexibility index (Phi) is 3.87. The fraction of sp³-hybridized carbons (Fsp3) is 0.667. The zero-order valence-corrected chi connectivity index (χ0v) is 12.8. The van der Waals surface area contributed by atoms with Gasteiger partial charge in [-0.1, -0.05) is 18.2 Å².